The molecule has 0 aliphatic carbocycles. The largest absolute Gasteiger partial charge is 0.337 e. The summed E-state index contributed by atoms with van der Waals surface area (Å²) in [5.74, 6) is -1.60. The molecule has 0 radical (unpaired) electrons. The Morgan fingerprint density at radius 3 is 2.70 bits per heavy atom. The lowest BCUT2D eigenvalue weighted by molar-refractivity contribution is 0.0783. The average molecular weight is 341 g/mol. The van der Waals surface area contributed by atoms with Crippen molar-refractivity contribution < 1.29 is 13.6 Å². The number of carbonyl (C=O) groups is 1. The van der Waals surface area contributed by atoms with Crippen molar-refractivity contribution in [1.29, 1.82) is 0 Å². The van der Waals surface area contributed by atoms with E-state index in [1.165, 1.54) is 17.2 Å². The molecule has 1 amide bonds. The Hall–Kier alpha value is -1.82. The summed E-state index contributed by atoms with van der Waals surface area (Å²) in [7, 11) is 1.55. The monoisotopic (exact) mass is 340 g/mol. The van der Waals surface area contributed by atoms with Gasteiger partial charge in [-0.1, -0.05) is 6.07 Å². The van der Waals surface area contributed by atoms with Crippen LogP contribution in [-0.2, 0) is 6.54 Å². The maximum Gasteiger partial charge on any atom is 0.255 e. The fourth-order valence-electron chi connectivity index (χ4n) is 1.73. The Bertz CT molecular complexity index is 649. The van der Waals surface area contributed by atoms with Crippen molar-refractivity contribution in [2.75, 3.05) is 7.05 Å². The van der Waals surface area contributed by atoms with Crippen molar-refractivity contribution in [3.63, 3.8) is 0 Å². The second-order valence-electron chi connectivity index (χ2n) is 4.29. The van der Waals surface area contributed by atoms with Gasteiger partial charge < -0.3 is 4.90 Å². The lowest BCUT2D eigenvalue weighted by Gasteiger charge is -2.17. The number of rotatable bonds is 3. The maximum atomic E-state index is 13.5. The van der Waals surface area contributed by atoms with Crippen LogP contribution in [-0.4, -0.2) is 22.8 Å². The smallest absolute Gasteiger partial charge is 0.255 e. The number of hydrogen-bond donors (Lipinski definition) is 0. The number of benzene rings is 1. The molecule has 0 unspecified atom stereocenters. The highest BCUT2D eigenvalue weighted by Gasteiger charge is 2.14. The third kappa shape index (κ3) is 3.39. The molecule has 0 bridgehead atoms. The zero-order chi connectivity index (χ0) is 14.7. The first-order valence-corrected chi connectivity index (χ1v) is 6.56. The van der Waals surface area contributed by atoms with Gasteiger partial charge in [0.2, 0.25) is 0 Å². The maximum absolute atomic E-state index is 13.5. The summed E-state index contributed by atoms with van der Waals surface area (Å²) in [5.41, 5.74) is 0.648. The molecule has 0 spiro atoms. The molecule has 0 N–H and O–H groups in total. The van der Waals surface area contributed by atoms with Gasteiger partial charge in [0.05, 0.1) is 5.56 Å². The molecule has 0 atom stereocenters. The third-order valence-corrected chi connectivity index (χ3v) is 3.15. The summed E-state index contributed by atoms with van der Waals surface area (Å²) >= 11 is 3.23. The second kappa shape index (κ2) is 6.09. The van der Waals surface area contributed by atoms with Gasteiger partial charge in [-0.2, -0.15) is 0 Å². The van der Waals surface area contributed by atoms with E-state index in [1.54, 1.807) is 19.3 Å². The minimum atomic E-state index is -0.669. The Labute approximate surface area is 123 Å². The van der Waals surface area contributed by atoms with Gasteiger partial charge in [0.15, 0.2) is 0 Å². The summed E-state index contributed by atoms with van der Waals surface area (Å²) < 4.78 is 27.0. The van der Waals surface area contributed by atoms with E-state index in [0.717, 1.165) is 12.1 Å². The van der Waals surface area contributed by atoms with Crippen LogP contribution in [0.1, 0.15) is 15.9 Å². The molecular formula is C14H11BrF2N2O. The molecule has 0 fully saturated rings. The van der Waals surface area contributed by atoms with E-state index >= 15 is 0 Å². The van der Waals surface area contributed by atoms with Crippen molar-refractivity contribution in [2.24, 2.45) is 0 Å². The minimum absolute atomic E-state index is 0.0530. The predicted molar refractivity (Wildman–Crippen MR) is 74.1 cm³/mol. The molecule has 0 aliphatic heterocycles. The Balaban J connectivity index is 2.15. The zero-order valence-corrected chi connectivity index (χ0v) is 12.2. The van der Waals surface area contributed by atoms with Gasteiger partial charge in [-0.25, -0.2) is 8.78 Å². The van der Waals surface area contributed by atoms with Crippen molar-refractivity contribution in [2.45, 2.75) is 6.54 Å². The third-order valence-electron chi connectivity index (χ3n) is 2.72. The van der Waals surface area contributed by atoms with Crippen LogP contribution >= 0.6 is 15.9 Å². The van der Waals surface area contributed by atoms with Crippen molar-refractivity contribution in [3.8, 4) is 0 Å². The number of carbonyl (C=O) groups excluding carboxylic acids is 1. The van der Waals surface area contributed by atoms with Gasteiger partial charge in [-0.3, -0.25) is 9.78 Å². The summed E-state index contributed by atoms with van der Waals surface area (Å²) in [4.78, 5) is 17.4. The lowest BCUT2D eigenvalue weighted by Crippen LogP contribution is -2.26. The minimum Gasteiger partial charge on any atom is -0.337 e. The molecule has 1 heterocycles. The van der Waals surface area contributed by atoms with Gasteiger partial charge in [0.25, 0.3) is 5.91 Å². The molecule has 0 aliphatic rings. The van der Waals surface area contributed by atoms with Crippen molar-refractivity contribution in [1.82, 2.24) is 9.88 Å². The first-order chi connectivity index (χ1) is 9.47. The van der Waals surface area contributed by atoms with E-state index in [0.29, 0.717) is 10.0 Å². The molecular weight excluding hydrogens is 330 g/mol. The standard InChI is InChI=1S/C14H11BrF2N2O/c1-19(8-9-2-3-12(16)5-13(9)17)14(20)10-4-11(15)7-18-6-10/h2-7H,8H2,1H3. The molecule has 1 aromatic carbocycles. The molecule has 104 valence electrons. The van der Waals surface area contributed by atoms with Gasteiger partial charge in [0, 0.05) is 42.1 Å². The molecule has 1 aromatic heterocycles. The van der Waals surface area contributed by atoms with E-state index in [4.69, 9.17) is 0 Å². The number of amides is 1. The molecule has 3 nitrogen and oxygen atoms in total. The van der Waals surface area contributed by atoms with Crippen molar-refractivity contribution >= 4 is 21.8 Å². The first-order valence-electron chi connectivity index (χ1n) is 5.77. The van der Waals surface area contributed by atoms with Crippen LogP contribution in [0.4, 0.5) is 8.78 Å². The molecule has 2 aromatic rings. The van der Waals surface area contributed by atoms with E-state index in [1.807, 2.05) is 0 Å². The highest BCUT2D eigenvalue weighted by Crippen LogP contribution is 2.15. The highest BCUT2D eigenvalue weighted by atomic mass is 79.9. The Morgan fingerprint density at radius 2 is 2.05 bits per heavy atom. The van der Waals surface area contributed by atoms with Crippen LogP contribution in [0.25, 0.3) is 0 Å². The highest BCUT2D eigenvalue weighted by molar-refractivity contribution is 9.10. The summed E-state index contributed by atoms with van der Waals surface area (Å²) in [6, 6.07) is 4.92. The fourth-order valence-corrected chi connectivity index (χ4v) is 2.09. The van der Waals surface area contributed by atoms with E-state index in [9.17, 15) is 13.6 Å². The van der Waals surface area contributed by atoms with Crippen molar-refractivity contribution in [3.05, 3.63) is 63.9 Å². The van der Waals surface area contributed by atoms with Gasteiger partial charge in [-0.15, -0.1) is 0 Å². The molecule has 0 saturated heterocycles. The van der Waals surface area contributed by atoms with E-state index < -0.39 is 11.6 Å². The topological polar surface area (TPSA) is 33.2 Å². The quantitative estimate of drug-likeness (QED) is 0.857. The van der Waals surface area contributed by atoms with Gasteiger partial charge in [0.1, 0.15) is 11.6 Å². The normalized spacial score (nSPS) is 10.4. The van der Waals surface area contributed by atoms with Crippen LogP contribution in [0.3, 0.4) is 0 Å². The summed E-state index contributed by atoms with van der Waals surface area (Å²) in [6.45, 7) is 0.0530. The van der Waals surface area contributed by atoms with E-state index in [-0.39, 0.29) is 18.0 Å². The second-order valence-corrected chi connectivity index (χ2v) is 5.20. The van der Waals surface area contributed by atoms with Gasteiger partial charge >= 0.3 is 0 Å². The van der Waals surface area contributed by atoms with Crippen LogP contribution in [0.2, 0.25) is 0 Å². The lowest BCUT2D eigenvalue weighted by atomic mass is 10.2. The van der Waals surface area contributed by atoms with Crippen LogP contribution in [0.15, 0.2) is 41.1 Å². The SMILES string of the molecule is CN(Cc1ccc(F)cc1F)C(=O)c1cncc(Br)c1. The number of pyridine rings is 1. The number of hydrogen-bond acceptors (Lipinski definition) is 2. The zero-order valence-electron chi connectivity index (χ0n) is 10.6. The van der Waals surface area contributed by atoms with Crippen LogP contribution in [0, 0.1) is 11.6 Å². The van der Waals surface area contributed by atoms with Crippen LogP contribution in [0.5, 0.6) is 0 Å². The molecule has 2 rings (SSSR count). The molecule has 20 heavy (non-hydrogen) atoms. The summed E-state index contributed by atoms with van der Waals surface area (Å²) in [5, 5.41) is 0. The summed E-state index contributed by atoms with van der Waals surface area (Å²) in [6.07, 6.45) is 3.00. The number of halogens is 3. The average Bonchev–Trinajstić information content (AvgIpc) is 2.41. The van der Waals surface area contributed by atoms with Crippen LogP contribution < -0.4 is 0 Å². The number of aromatic nitrogens is 1. The fraction of sp³-hybridized carbons (Fsp3) is 0.143. The molecule has 0 saturated carbocycles. The number of nitrogens with zero attached hydrogens (tertiary/aromatic N) is 2. The first kappa shape index (κ1) is 14.6. The Morgan fingerprint density at radius 1 is 1.30 bits per heavy atom. The molecule has 6 heteroatoms. The van der Waals surface area contributed by atoms with Gasteiger partial charge in [-0.05, 0) is 28.1 Å². The Kier molecular flexibility index (Phi) is 4.44. The predicted octanol–water partition coefficient (Wildman–Crippen LogP) is 3.39. The van der Waals surface area contributed by atoms with E-state index in [2.05, 4.69) is 20.9 Å².